The Labute approximate surface area is 158 Å². The lowest BCUT2D eigenvalue weighted by molar-refractivity contribution is -0.153. The van der Waals surface area contributed by atoms with Crippen molar-refractivity contribution in [3.63, 3.8) is 0 Å². The first-order chi connectivity index (χ1) is 13.1. The second-order valence-corrected chi connectivity index (χ2v) is 7.93. The summed E-state index contributed by atoms with van der Waals surface area (Å²) in [6.07, 6.45) is -1.48. The smallest absolute Gasteiger partial charge is 0.422 e. The van der Waals surface area contributed by atoms with Crippen LogP contribution in [0, 0.1) is 16.6 Å². The summed E-state index contributed by atoms with van der Waals surface area (Å²) < 4.78 is 67.3. The quantitative estimate of drug-likeness (QED) is 0.529. The Morgan fingerprint density at radius 2 is 2.04 bits per heavy atom. The first-order valence-electron chi connectivity index (χ1n) is 9.06. The van der Waals surface area contributed by atoms with E-state index in [1.165, 1.54) is 12.1 Å². The zero-order chi connectivity index (χ0) is 20.2. The van der Waals surface area contributed by atoms with E-state index in [9.17, 15) is 22.4 Å². The molecule has 1 aliphatic heterocycles. The molecule has 154 valence electrons. The fourth-order valence-electron chi connectivity index (χ4n) is 5.15. The van der Waals surface area contributed by atoms with Crippen LogP contribution in [-0.4, -0.2) is 43.7 Å². The van der Waals surface area contributed by atoms with E-state index < -0.39 is 30.2 Å². The van der Waals surface area contributed by atoms with Gasteiger partial charge in [-0.3, -0.25) is 0 Å². The highest BCUT2D eigenvalue weighted by Crippen LogP contribution is 2.86. The summed E-state index contributed by atoms with van der Waals surface area (Å²) in [6.45, 7) is -1.12. The first kappa shape index (κ1) is 19.4. The maximum Gasteiger partial charge on any atom is 0.422 e. The number of aliphatic carboxylic acids is 1. The third-order valence-corrected chi connectivity index (χ3v) is 6.49. The van der Waals surface area contributed by atoms with E-state index in [1.807, 2.05) is 0 Å². The molecule has 5 nitrogen and oxygen atoms in total. The summed E-state index contributed by atoms with van der Waals surface area (Å²) in [6, 6.07) is 3.67. The molecule has 0 bridgehead atoms. The molecule has 1 saturated heterocycles. The lowest BCUT2D eigenvalue weighted by atomic mass is 9.60. The van der Waals surface area contributed by atoms with Crippen molar-refractivity contribution in [1.82, 2.24) is 0 Å². The van der Waals surface area contributed by atoms with Crippen molar-refractivity contribution in [3.05, 3.63) is 29.6 Å². The summed E-state index contributed by atoms with van der Waals surface area (Å²) in [5.41, 5.74) is -0.565. The van der Waals surface area contributed by atoms with Gasteiger partial charge in [-0.15, -0.1) is 0 Å². The lowest BCUT2D eigenvalue weighted by Gasteiger charge is -2.48. The van der Waals surface area contributed by atoms with E-state index in [0.717, 1.165) is 18.9 Å². The van der Waals surface area contributed by atoms with Crippen LogP contribution in [0.3, 0.4) is 0 Å². The fourth-order valence-corrected chi connectivity index (χ4v) is 5.15. The van der Waals surface area contributed by atoms with Crippen LogP contribution < -0.4 is 4.74 Å². The Balaban J connectivity index is 1.50. The van der Waals surface area contributed by atoms with Gasteiger partial charge in [-0.25, -0.2) is 9.18 Å². The van der Waals surface area contributed by atoms with E-state index in [0.29, 0.717) is 25.0 Å². The topological polar surface area (TPSA) is 65.0 Å². The van der Waals surface area contributed by atoms with Gasteiger partial charge in [-0.1, -0.05) is 0 Å². The summed E-state index contributed by atoms with van der Waals surface area (Å²) in [7, 11) is 0. The molecule has 28 heavy (non-hydrogen) atoms. The van der Waals surface area contributed by atoms with E-state index >= 15 is 0 Å². The number of ether oxygens (including phenoxy) is 3. The van der Waals surface area contributed by atoms with E-state index in [-0.39, 0.29) is 29.8 Å². The number of alkyl halides is 3. The molecule has 1 spiro atoms. The molecule has 9 heteroatoms. The standard InChI is InChI=1S/C19H20F4O5/c20-13-5-12(6-14(7-13)27-11-19(21,22)23)18-2-1-17(18)9-16(17,10-28-18)3-4-26-8-15(24)25/h5-7H,1-4,8-11H2,(H,24,25). The molecule has 1 heterocycles. The Hall–Kier alpha value is -1.87. The number of halogens is 4. The average molecular weight is 404 g/mol. The monoisotopic (exact) mass is 404 g/mol. The highest BCUT2D eigenvalue weighted by atomic mass is 19.4. The van der Waals surface area contributed by atoms with Gasteiger partial charge in [0.25, 0.3) is 0 Å². The van der Waals surface area contributed by atoms with Crippen LogP contribution in [0.15, 0.2) is 18.2 Å². The lowest BCUT2D eigenvalue weighted by Crippen LogP contribution is -2.46. The van der Waals surface area contributed by atoms with Crippen molar-refractivity contribution in [2.45, 2.75) is 37.5 Å². The van der Waals surface area contributed by atoms with Crippen LogP contribution in [0.4, 0.5) is 17.6 Å². The van der Waals surface area contributed by atoms with Crippen LogP contribution in [0.1, 0.15) is 31.2 Å². The molecule has 2 aliphatic carbocycles. The number of carbonyl (C=O) groups is 1. The minimum absolute atomic E-state index is 0.150. The van der Waals surface area contributed by atoms with Gasteiger partial charge in [0.2, 0.25) is 0 Å². The van der Waals surface area contributed by atoms with Gasteiger partial charge in [0, 0.05) is 23.5 Å². The molecule has 1 aromatic rings. The van der Waals surface area contributed by atoms with Crippen LogP contribution in [0.5, 0.6) is 5.75 Å². The van der Waals surface area contributed by atoms with Gasteiger partial charge in [-0.05, 0) is 43.4 Å². The molecule has 3 fully saturated rings. The number of hydrogen-bond donors (Lipinski definition) is 1. The van der Waals surface area contributed by atoms with E-state index in [1.54, 1.807) is 0 Å². The predicted octanol–water partition coefficient (Wildman–Crippen LogP) is 3.65. The normalized spacial score (nSPS) is 33.0. The molecule has 3 atom stereocenters. The largest absolute Gasteiger partial charge is 0.484 e. The van der Waals surface area contributed by atoms with Crippen molar-refractivity contribution in [3.8, 4) is 5.75 Å². The molecule has 2 saturated carbocycles. The van der Waals surface area contributed by atoms with Crippen molar-refractivity contribution in [2.24, 2.45) is 10.8 Å². The summed E-state index contributed by atoms with van der Waals surface area (Å²) in [4.78, 5) is 10.6. The molecule has 0 aromatic heterocycles. The minimum atomic E-state index is -4.51. The molecule has 1 aromatic carbocycles. The van der Waals surface area contributed by atoms with Gasteiger partial charge >= 0.3 is 12.1 Å². The van der Waals surface area contributed by atoms with Gasteiger partial charge in [0.05, 0.1) is 12.2 Å². The Morgan fingerprint density at radius 1 is 1.25 bits per heavy atom. The van der Waals surface area contributed by atoms with Crippen molar-refractivity contribution >= 4 is 5.97 Å². The SMILES string of the molecule is O=C(O)COCCC12COC3(c4cc(F)cc(OCC(F)(F)F)c4)CCC13C2. The molecular formula is C19H20F4O5. The average Bonchev–Trinajstić information content (AvgIpc) is 3.23. The first-order valence-corrected chi connectivity index (χ1v) is 9.06. The van der Waals surface area contributed by atoms with Crippen LogP contribution in [0.2, 0.25) is 0 Å². The second-order valence-electron chi connectivity index (χ2n) is 7.93. The fraction of sp³-hybridized carbons (Fsp3) is 0.632. The van der Waals surface area contributed by atoms with Gasteiger partial charge in [0.15, 0.2) is 6.61 Å². The molecule has 1 N–H and O–H groups in total. The molecule has 3 aliphatic rings. The molecular weight excluding hydrogens is 384 g/mol. The van der Waals surface area contributed by atoms with Crippen LogP contribution in [0.25, 0.3) is 0 Å². The number of rotatable bonds is 8. The van der Waals surface area contributed by atoms with Crippen LogP contribution in [-0.2, 0) is 19.9 Å². The van der Waals surface area contributed by atoms with E-state index in [4.69, 9.17) is 19.3 Å². The number of carboxylic acid groups (broad SMARTS) is 1. The third-order valence-electron chi connectivity index (χ3n) is 6.49. The van der Waals surface area contributed by atoms with Crippen molar-refractivity contribution in [1.29, 1.82) is 0 Å². The highest BCUT2D eigenvalue weighted by molar-refractivity contribution is 5.67. The molecule has 4 rings (SSSR count). The molecule has 0 radical (unpaired) electrons. The van der Waals surface area contributed by atoms with Gasteiger partial charge in [0.1, 0.15) is 18.2 Å². The second kappa shape index (κ2) is 6.32. The summed E-state index contributed by atoms with van der Waals surface area (Å²) >= 11 is 0. The van der Waals surface area contributed by atoms with E-state index in [2.05, 4.69) is 0 Å². The summed E-state index contributed by atoms with van der Waals surface area (Å²) in [5, 5.41) is 8.65. The third kappa shape index (κ3) is 2.95. The number of benzene rings is 1. The van der Waals surface area contributed by atoms with Gasteiger partial charge in [-0.2, -0.15) is 13.2 Å². The number of hydrogen-bond acceptors (Lipinski definition) is 4. The van der Waals surface area contributed by atoms with Crippen molar-refractivity contribution < 1.29 is 41.7 Å². The predicted molar refractivity (Wildman–Crippen MR) is 87.4 cm³/mol. The molecule has 3 unspecified atom stereocenters. The van der Waals surface area contributed by atoms with Gasteiger partial charge < -0.3 is 19.3 Å². The molecule has 0 amide bonds. The summed E-state index contributed by atoms with van der Waals surface area (Å²) in [5.74, 6) is -1.87. The Morgan fingerprint density at radius 3 is 2.68 bits per heavy atom. The zero-order valence-electron chi connectivity index (χ0n) is 15.0. The van der Waals surface area contributed by atoms with Crippen LogP contribution >= 0.6 is 0 Å². The maximum absolute atomic E-state index is 14.1. The maximum atomic E-state index is 14.1. The minimum Gasteiger partial charge on any atom is -0.484 e. The van der Waals surface area contributed by atoms with Crippen molar-refractivity contribution in [2.75, 3.05) is 26.4 Å². The Bertz CT molecular complexity index is 793. The number of carboxylic acids is 1. The Kier molecular flexibility index (Phi) is 4.39. The zero-order valence-corrected chi connectivity index (χ0v) is 15.0. The highest BCUT2D eigenvalue weighted by Gasteiger charge is 2.84.